The van der Waals surface area contributed by atoms with E-state index in [1.807, 2.05) is 91.5 Å². The van der Waals surface area contributed by atoms with Crippen molar-refractivity contribution in [3.05, 3.63) is 96.3 Å². The van der Waals surface area contributed by atoms with Crippen molar-refractivity contribution in [3.8, 4) is 0 Å². The van der Waals surface area contributed by atoms with Crippen LogP contribution in [0.4, 0.5) is 5.69 Å². The number of nitrogens with one attached hydrogen (secondary N) is 1. The minimum atomic E-state index is 0.0473. The van der Waals surface area contributed by atoms with Crippen LogP contribution in [0.15, 0.2) is 84.9 Å². The van der Waals surface area contributed by atoms with Gasteiger partial charge in [-0.05, 0) is 62.9 Å². The largest absolute Gasteiger partial charge is 0.356 e. The molecule has 1 heterocycles. The van der Waals surface area contributed by atoms with Crippen LogP contribution in [0.5, 0.6) is 0 Å². The van der Waals surface area contributed by atoms with Crippen molar-refractivity contribution in [2.75, 3.05) is 11.4 Å². The molecule has 0 atom stereocenters. The van der Waals surface area contributed by atoms with E-state index in [2.05, 4.69) is 22.0 Å². The van der Waals surface area contributed by atoms with Crippen LogP contribution >= 0.6 is 0 Å². The number of imidazole rings is 1. The molecule has 0 radical (unpaired) electrons. The number of fused-ring (bicyclic) bond motifs is 1. The molecule has 1 aromatic heterocycles. The van der Waals surface area contributed by atoms with E-state index in [1.54, 1.807) is 0 Å². The molecule has 3 aromatic carbocycles. The predicted octanol–water partition coefficient (Wildman–Crippen LogP) is 5.94. The maximum absolute atomic E-state index is 13.5. The lowest BCUT2D eigenvalue weighted by atomic mass is 10.1. The molecule has 6 nitrogen and oxygen atoms in total. The smallest absolute Gasteiger partial charge is 0.247 e. The van der Waals surface area contributed by atoms with Gasteiger partial charge in [0.15, 0.2) is 0 Å². The highest BCUT2D eigenvalue weighted by molar-refractivity contribution is 5.94. The third-order valence-corrected chi connectivity index (χ3v) is 6.73. The second-order valence-electron chi connectivity index (χ2n) is 9.94. The van der Waals surface area contributed by atoms with Crippen molar-refractivity contribution in [2.24, 2.45) is 0 Å². The van der Waals surface area contributed by atoms with E-state index in [4.69, 9.17) is 4.98 Å². The standard InChI is InChI=1S/C32H38N4O2/c1-25(2)36(27-16-8-4-9-17-27)32(38)24-35-29-19-12-11-18-28(29)34-30(35)20-10-5-13-23-33-31(37)22-21-26-14-6-3-7-15-26/h3-4,6-9,11-12,14-19,25H,5,10,13,20-24H2,1-2H3,(H,33,37). The van der Waals surface area contributed by atoms with Crippen LogP contribution in [0.1, 0.15) is 50.9 Å². The zero-order chi connectivity index (χ0) is 26.7. The second-order valence-corrected chi connectivity index (χ2v) is 9.94. The Kier molecular flexibility index (Phi) is 9.68. The van der Waals surface area contributed by atoms with Gasteiger partial charge < -0.3 is 14.8 Å². The summed E-state index contributed by atoms with van der Waals surface area (Å²) in [6, 6.07) is 28.0. The quantitative estimate of drug-likeness (QED) is 0.226. The molecule has 1 N–H and O–H groups in total. The van der Waals surface area contributed by atoms with Gasteiger partial charge in [0, 0.05) is 31.1 Å². The Morgan fingerprint density at radius 2 is 1.53 bits per heavy atom. The minimum Gasteiger partial charge on any atom is -0.356 e. The molecule has 0 aliphatic heterocycles. The number of carbonyl (C=O) groups is 2. The number of rotatable bonds is 13. The summed E-state index contributed by atoms with van der Waals surface area (Å²) < 4.78 is 2.07. The van der Waals surface area contributed by atoms with Gasteiger partial charge in [0.1, 0.15) is 12.4 Å². The first-order valence-electron chi connectivity index (χ1n) is 13.6. The van der Waals surface area contributed by atoms with Gasteiger partial charge in [-0.2, -0.15) is 0 Å². The summed E-state index contributed by atoms with van der Waals surface area (Å²) in [6.45, 7) is 5.01. The number of aromatic nitrogens is 2. The van der Waals surface area contributed by atoms with Crippen molar-refractivity contribution in [1.82, 2.24) is 14.9 Å². The van der Waals surface area contributed by atoms with Crippen LogP contribution in [0, 0.1) is 0 Å². The number of anilines is 1. The highest BCUT2D eigenvalue weighted by atomic mass is 16.2. The zero-order valence-corrected chi connectivity index (χ0v) is 22.5. The van der Waals surface area contributed by atoms with Crippen molar-refractivity contribution < 1.29 is 9.59 Å². The van der Waals surface area contributed by atoms with E-state index in [0.717, 1.165) is 54.6 Å². The molecule has 0 spiro atoms. The first-order chi connectivity index (χ1) is 18.5. The van der Waals surface area contributed by atoms with Crippen LogP contribution in [-0.2, 0) is 29.0 Å². The van der Waals surface area contributed by atoms with Gasteiger partial charge in [0.25, 0.3) is 0 Å². The third kappa shape index (κ3) is 7.31. The zero-order valence-electron chi connectivity index (χ0n) is 22.5. The van der Waals surface area contributed by atoms with Crippen LogP contribution in [-0.4, -0.2) is 34.0 Å². The molecule has 38 heavy (non-hydrogen) atoms. The molecule has 198 valence electrons. The highest BCUT2D eigenvalue weighted by Gasteiger charge is 2.21. The fourth-order valence-corrected chi connectivity index (χ4v) is 4.83. The van der Waals surface area contributed by atoms with Crippen LogP contribution in [0.2, 0.25) is 0 Å². The number of hydrogen-bond acceptors (Lipinski definition) is 3. The predicted molar refractivity (Wildman–Crippen MR) is 154 cm³/mol. The van der Waals surface area contributed by atoms with E-state index in [-0.39, 0.29) is 24.4 Å². The first-order valence-corrected chi connectivity index (χ1v) is 13.6. The number of benzene rings is 3. The van der Waals surface area contributed by atoms with Crippen molar-refractivity contribution in [2.45, 2.75) is 65.0 Å². The van der Waals surface area contributed by atoms with Gasteiger partial charge in [0.05, 0.1) is 11.0 Å². The molecule has 4 rings (SSSR count). The Hall–Kier alpha value is -3.93. The van der Waals surface area contributed by atoms with E-state index in [0.29, 0.717) is 13.0 Å². The van der Waals surface area contributed by atoms with E-state index >= 15 is 0 Å². The summed E-state index contributed by atoms with van der Waals surface area (Å²) in [5, 5.41) is 3.04. The number of hydrogen-bond donors (Lipinski definition) is 1. The number of unbranched alkanes of at least 4 members (excludes halogenated alkanes) is 2. The summed E-state index contributed by atoms with van der Waals surface area (Å²) >= 11 is 0. The summed E-state index contributed by atoms with van der Waals surface area (Å²) in [5.41, 5.74) is 3.99. The normalized spacial score (nSPS) is 11.1. The van der Waals surface area contributed by atoms with E-state index in [1.165, 1.54) is 5.56 Å². The minimum absolute atomic E-state index is 0.0473. The number of nitrogens with zero attached hydrogens (tertiary/aromatic N) is 3. The first kappa shape index (κ1) is 27.1. The van der Waals surface area contributed by atoms with Gasteiger partial charge >= 0.3 is 0 Å². The van der Waals surface area contributed by atoms with Crippen molar-refractivity contribution >= 4 is 28.5 Å². The Labute approximate surface area is 225 Å². The fraction of sp³-hybridized carbons (Fsp3) is 0.344. The lowest BCUT2D eigenvalue weighted by Gasteiger charge is -2.27. The Morgan fingerprint density at radius 3 is 2.26 bits per heavy atom. The number of aryl methyl sites for hydroxylation is 2. The summed E-state index contributed by atoms with van der Waals surface area (Å²) in [5.74, 6) is 1.08. The molecule has 0 saturated carbocycles. The Bertz CT molecular complexity index is 1320. The summed E-state index contributed by atoms with van der Waals surface area (Å²) in [4.78, 5) is 32.4. The molecule has 4 aromatic rings. The summed E-state index contributed by atoms with van der Waals surface area (Å²) in [6.07, 6.45) is 4.92. The van der Waals surface area contributed by atoms with Gasteiger partial charge in [0.2, 0.25) is 11.8 Å². The molecule has 0 saturated heterocycles. The van der Waals surface area contributed by atoms with E-state index in [9.17, 15) is 9.59 Å². The maximum Gasteiger partial charge on any atom is 0.247 e. The molecule has 0 unspecified atom stereocenters. The molecular formula is C32H38N4O2. The molecule has 0 aliphatic carbocycles. The number of carbonyl (C=O) groups excluding carboxylic acids is 2. The van der Waals surface area contributed by atoms with Gasteiger partial charge in [-0.1, -0.05) is 67.1 Å². The molecular weight excluding hydrogens is 472 g/mol. The Morgan fingerprint density at radius 1 is 0.842 bits per heavy atom. The third-order valence-electron chi connectivity index (χ3n) is 6.73. The van der Waals surface area contributed by atoms with Gasteiger partial charge in [-0.25, -0.2) is 4.98 Å². The van der Waals surface area contributed by atoms with E-state index < -0.39 is 0 Å². The monoisotopic (exact) mass is 510 g/mol. The van der Waals surface area contributed by atoms with Crippen molar-refractivity contribution in [3.63, 3.8) is 0 Å². The topological polar surface area (TPSA) is 67.2 Å². The lowest BCUT2D eigenvalue weighted by Crippen LogP contribution is -2.39. The molecule has 2 amide bonds. The van der Waals surface area contributed by atoms with Crippen LogP contribution in [0.3, 0.4) is 0 Å². The van der Waals surface area contributed by atoms with Crippen LogP contribution in [0.25, 0.3) is 11.0 Å². The second kappa shape index (κ2) is 13.6. The van der Waals surface area contributed by atoms with Crippen molar-refractivity contribution in [1.29, 1.82) is 0 Å². The molecule has 0 fully saturated rings. The molecule has 6 heteroatoms. The summed E-state index contributed by atoms with van der Waals surface area (Å²) in [7, 11) is 0. The SMILES string of the molecule is CC(C)N(C(=O)Cn1c(CCCCCNC(=O)CCc2ccccc2)nc2ccccc21)c1ccccc1. The number of para-hydroxylation sites is 3. The Balaban J connectivity index is 1.31. The lowest BCUT2D eigenvalue weighted by molar-refractivity contribution is -0.121. The highest BCUT2D eigenvalue weighted by Crippen LogP contribution is 2.21. The fourth-order valence-electron chi connectivity index (χ4n) is 4.83. The van der Waals surface area contributed by atoms with Gasteiger partial charge in [-0.15, -0.1) is 0 Å². The average molecular weight is 511 g/mol. The maximum atomic E-state index is 13.5. The molecule has 0 aliphatic rings. The van der Waals surface area contributed by atoms with Crippen LogP contribution < -0.4 is 10.2 Å². The number of amides is 2. The average Bonchev–Trinajstić information content (AvgIpc) is 3.27. The molecule has 0 bridgehead atoms. The van der Waals surface area contributed by atoms with Gasteiger partial charge in [-0.3, -0.25) is 9.59 Å².